The largest absolute Gasteiger partial charge is 0.330 e. The zero-order chi connectivity index (χ0) is 12.1. The molecule has 0 radical (unpaired) electrons. The van der Waals surface area contributed by atoms with Crippen LogP contribution in [0.2, 0.25) is 0 Å². The molecule has 1 aliphatic heterocycles. The zero-order valence-corrected chi connectivity index (χ0v) is 10.7. The van der Waals surface area contributed by atoms with E-state index in [1.54, 1.807) is 0 Å². The van der Waals surface area contributed by atoms with Crippen molar-refractivity contribution < 1.29 is 0 Å². The summed E-state index contributed by atoms with van der Waals surface area (Å²) in [5.41, 5.74) is 8.22. The molecule has 1 atom stereocenters. The minimum Gasteiger partial charge on any atom is -0.330 e. The van der Waals surface area contributed by atoms with Crippen LogP contribution in [0.5, 0.6) is 0 Å². The minimum absolute atomic E-state index is 0.674. The van der Waals surface area contributed by atoms with Crippen molar-refractivity contribution in [3.05, 3.63) is 29.6 Å². The Morgan fingerprint density at radius 1 is 1.47 bits per heavy atom. The van der Waals surface area contributed by atoms with E-state index in [1.807, 2.05) is 12.3 Å². The number of rotatable bonds is 4. The topological polar surface area (TPSA) is 42.2 Å². The Morgan fingerprint density at radius 2 is 2.35 bits per heavy atom. The first-order chi connectivity index (χ1) is 8.31. The van der Waals surface area contributed by atoms with Gasteiger partial charge in [0.15, 0.2) is 0 Å². The third-order valence-corrected chi connectivity index (χ3v) is 3.74. The fourth-order valence-electron chi connectivity index (χ4n) is 2.69. The Hall–Kier alpha value is -0.930. The van der Waals surface area contributed by atoms with E-state index in [1.165, 1.54) is 31.4 Å². The number of nitrogens with zero attached hydrogens (tertiary/aromatic N) is 2. The van der Waals surface area contributed by atoms with Crippen molar-refractivity contribution in [1.29, 1.82) is 0 Å². The second-order valence-electron chi connectivity index (χ2n) is 4.95. The number of piperidine rings is 1. The Bertz CT molecular complexity index is 349. The van der Waals surface area contributed by atoms with E-state index in [4.69, 9.17) is 5.73 Å². The Morgan fingerprint density at radius 3 is 3.12 bits per heavy atom. The van der Waals surface area contributed by atoms with E-state index in [-0.39, 0.29) is 0 Å². The summed E-state index contributed by atoms with van der Waals surface area (Å²) < 4.78 is 0. The number of likely N-dealkylation sites (tertiary alicyclic amines) is 1. The van der Waals surface area contributed by atoms with Gasteiger partial charge in [-0.2, -0.15) is 0 Å². The lowest BCUT2D eigenvalue weighted by molar-refractivity contribution is 0.133. The first-order valence-corrected chi connectivity index (χ1v) is 6.66. The van der Waals surface area contributed by atoms with Crippen LogP contribution in [-0.2, 0) is 6.54 Å². The van der Waals surface area contributed by atoms with Crippen LogP contribution in [0.4, 0.5) is 0 Å². The Balaban J connectivity index is 2.03. The van der Waals surface area contributed by atoms with Crippen molar-refractivity contribution in [2.75, 3.05) is 13.1 Å². The highest BCUT2D eigenvalue weighted by Crippen LogP contribution is 2.22. The maximum atomic E-state index is 5.71. The highest BCUT2D eigenvalue weighted by molar-refractivity contribution is 5.18. The van der Waals surface area contributed by atoms with Crippen LogP contribution in [0, 0.1) is 6.92 Å². The van der Waals surface area contributed by atoms with E-state index in [9.17, 15) is 0 Å². The van der Waals surface area contributed by atoms with Gasteiger partial charge in [0.1, 0.15) is 0 Å². The first-order valence-electron chi connectivity index (χ1n) is 6.66. The fraction of sp³-hybridized carbons (Fsp3) is 0.643. The molecule has 1 fully saturated rings. The molecular weight excluding hydrogens is 210 g/mol. The summed E-state index contributed by atoms with van der Waals surface area (Å²) in [5, 5.41) is 0. The summed E-state index contributed by atoms with van der Waals surface area (Å²) >= 11 is 0. The van der Waals surface area contributed by atoms with E-state index < -0.39 is 0 Å². The summed E-state index contributed by atoms with van der Waals surface area (Å²) in [4.78, 5) is 6.95. The molecule has 2 rings (SSSR count). The highest BCUT2D eigenvalue weighted by Gasteiger charge is 2.21. The average molecular weight is 233 g/mol. The number of pyridine rings is 1. The van der Waals surface area contributed by atoms with Gasteiger partial charge in [0, 0.05) is 24.5 Å². The molecule has 0 aromatic carbocycles. The van der Waals surface area contributed by atoms with Crippen LogP contribution >= 0.6 is 0 Å². The second-order valence-corrected chi connectivity index (χ2v) is 4.95. The minimum atomic E-state index is 0.674. The van der Waals surface area contributed by atoms with E-state index >= 15 is 0 Å². The van der Waals surface area contributed by atoms with Crippen LogP contribution in [0.15, 0.2) is 18.3 Å². The van der Waals surface area contributed by atoms with Crippen molar-refractivity contribution in [3.63, 3.8) is 0 Å². The summed E-state index contributed by atoms with van der Waals surface area (Å²) in [5.74, 6) is 0. The van der Waals surface area contributed by atoms with Gasteiger partial charge >= 0.3 is 0 Å². The summed E-state index contributed by atoms with van der Waals surface area (Å²) in [6.45, 7) is 5.13. The van der Waals surface area contributed by atoms with Gasteiger partial charge in [-0.25, -0.2) is 0 Å². The molecule has 94 valence electrons. The third kappa shape index (κ3) is 3.27. The Kier molecular flexibility index (Phi) is 4.51. The molecule has 1 unspecified atom stereocenters. The van der Waals surface area contributed by atoms with Crippen LogP contribution < -0.4 is 5.73 Å². The molecule has 1 aromatic heterocycles. The molecule has 2 heterocycles. The summed E-state index contributed by atoms with van der Waals surface area (Å²) in [7, 11) is 0. The SMILES string of the molecule is Cc1ncccc1CN1CCCCC1CCN. The van der Waals surface area contributed by atoms with Gasteiger partial charge < -0.3 is 5.73 Å². The molecule has 3 nitrogen and oxygen atoms in total. The third-order valence-electron chi connectivity index (χ3n) is 3.74. The van der Waals surface area contributed by atoms with Crippen molar-refractivity contribution in [2.45, 2.75) is 45.2 Å². The van der Waals surface area contributed by atoms with E-state index in [0.29, 0.717) is 6.04 Å². The number of nitrogens with two attached hydrogens (primary N) is 1. The van der Waals surface area contributed by atoms with E-state index in [0.717, 1.165) is 25.2 Å². The van der Waals surface area contributed by atoms with Gasteiger partial charge in [-0.05, 0) is 50.9 Å². The molecule has 1 aromatic rings. The number of aromatic nitrogens is 1. The van der Waals surface area contributed by atoms with Crippen LogP contribution in [0.25, 0.3) is 0 Å². The standard InChI is InChI=1S/C14H23N3/c1-12-13(5-4-9-16-12)11-17-10-3-2-6-14(17)7-8-15/h4-5,9,14H,2-3,6-8,10-11,15H2,1H3. The smallest absolute Gasteiger partial charge is 0.0417 e. The Labute approximate surface area is 104 Å². The van der Waals surface area contributed by atoms with Gasteiger partial charge in [0.25, 0.3) is 0 Å². The predicted octanol–water partition coefficient (Wildman–Crippen LogP) is 2.09. The maximum absolute atomic E-state index is 5.71. The molecule has 0 amide bonds. The van der Waals surface area contributed by atoms with Gasteiger partial charge in [0.05, 0.1) is 0 Å². The van der Waals surface area contributed by atoms with Crippen LogP contribution in [-0.4, -0.2) is 29.0 Å². The molecule has 17 heavy (non-hydrogen) atoms. The molecule has 3 heteroatoms. The lowest BCUT2D eigenvalue weighted by atomic mass is 9.98. The number of hydrogen-bond acceptors (Lipinski definition) is 3. The number of hydrogen-bond donors (Lipinski definition) is 1. The van der Waals surface area contributed by atoms with Crippen molar-refractivity contribution in [3.8, 4) is 0 Å². The molecule has 0 saturated carbocycles. The quantitative estimate of drug-likeness (QED) is 0.866. The van der Waals surface area contributed by atoms with Crippen molar-refractivity contribution in [2.24, 2.45) is 5.73 Å². The molecule has 0 spiro atoms. The first kappa shape index (κ1) is 12.5. The van der Waals surface area contributed by atoms with Crippen LogP contribution in [0.1, 0.15) is 36.9 Å². The predicted molar refractivity (Wildman–Crippen MR) is 70.7 cm³/mol. The van der Waals surface area contributed by atoms with Crippen molar-refractivity contribution >= 4 is 0 Å². The monoisotopic (exact) mass is 233 g/mol. The van der Waals surface area contributed by atoms with Gasteiger partial charge in [0.2, 0.25) is 0 Å². The number of aryl methyl sites for hydroxylation is 1. The molecule has 1 saturated heterocycles. The van der Waals surface area contributed by atoms with E-state index in [2.05, 4.69) is 22.9 Å². The van der Waals surface area contributed by atoms with Gasteiger partial charge in [-0.15, -0.1) is 0 Å². The van der Waals surface area contributed by atoms with Crippen LogP contribution in [0.3, 0.4) is 0 Å². The second kappa shape index (κ2) is 6.12. The molecular formula is C14H23N3. The lowest BCUT2D eigenvalue weighted by Gasteiger charge is -2.35. The van der Waals surface area contributed by atoms with Gasteiger partial charge in [-0.1, -0.05) is 12.5 Å². The lowest BCUT2D eigenvalue weighted by Crippen LogP contribution is -2.40. The zero-order valence-electron chi connectivity index (χ0n) is 10.7. The summed E-state index contributed by atoms with van der Waals surface area (Å²) in [6, 6.07) is 4.90. The average Bonchev–Trinajstić information content (AvgIpc) is 2.35. The molecule has 2 N–H and O–H groups in total. The highest BCUT2D eigenvalue weighted by atomic mass is 15.2. The maximum Gasteiger partial charge on any atom is 0.0417 e. The van der Waals surface area contributed by atoms with Crippen molar-refractivity contribution in [1.82, 2.24) is 9.88 Å². The summed E-state index contributed by atoms with van der Waals surface area (Å²) in [6.07, 6.45) is 6.97. The molecule has 1 aliphatic rings. The van der Waals surface area contributed by atoms with Gasteiger partial charge in [-0.3, -0.25) is 9.88 Å². The molecule has 0 bridgehead atoms. The fourth-order valence-corrected chi connectivity index (χ4v) is 2.69. The molecule has 0 aliphatic carbocycles. The normalized spacial score (nSPS) is 21.6.